The molecule has 10 heteroatoms. The standard InChI is InChI=1S/C24H26ClN7O2/c1-27-7-6-20(26)16-2-3-17(15-33)19(14-16)22-21(25)23(29-18-4-8-28-9-5-18)31-24(30-22)32-10-12-34-13-11-32/h2-9,14,26-27,33H,10-13,15H2,1H3,(H,28,29,30,31)/b7-6-,26-20?. The first-order chi connectivity index (χ1) is 16.6. The van der Waals surface area contributed by atoms with E-state index in [2.05, 4.69) is 15.6 Å². The van der Waals surface area contributed by atoms with E-state index in [0.29, 0.717) is 71.2 Å². The van der Waals surface area contributed by atoms with Gasteiger partial charge in [-0.1, -0.05) is 23.7 Å². The molecule has 0 saturated carbocycles. The molecule has 0 radical (unpaired) electrons. The molecule has 0 unspecified atom stereocenters. The lowest BCUT2D eigenvalue weighted by Crippen LogP contribution is -2.37. The molecular formula is C24H26ClN7O2. The summed E-state index contributed by atoms with van der Waals surface area (Å²) < 4.78 is 5.48. The van der Waals surface area contributed by atoms with Crippen LogP contribution in [0, 0.1) is 5.41 Å². The maximum Gasteiger partial charge on any atom is 0.228 e. The normalized spacial score (nSPS) is 13.8. The highest BCUT2D eigenvalue weighted by Gasteiger charge is 2.22. The van der Waals surface area contributed by atoms with Crippen LogP contribution in [0.3, 0.4) is 0 Å². The highest BCUT2D eigenvalue weighted by atomic mass is 35.5. The van der Waals surface area contributed by atoms with Gasteiger partial charge in [0.2, 0.25) is 5.95 Å². The average Bonchev–Trinajstić information content (AvgIpc) is 2.89. The summed E-state index contributed by atoms with van der Waals surface area (Å²) in [5.41, 5.74) is 3.54. The van der Waals surface area contributed by atoms with E-state index in [0.717, 1.165) is 5.69 Å². The van der Waals surface area contributed by atoms with E-state index in [9.17, 15) is 5.11 Å². The van der Waals surface area contributed by atoms with Crippen LogP contribution in [0.1, 0.15) is 11.1 Å². The van der Waals surface area contributed by atoms with Crippen LogP contribution in [-0.4, -0.2) is 59.1 Å². The monoisotopic (exact) mass is 479 g/mol. The fourth-order valence-electron chi connectivity index (χ4n) is 3.54. The first kappa shape index (κ1) is 23.6. The summed E-state index contributed by atoms with van der Waals surface area (Å²) in [6, 6.07) is 9.05. The number of benzene rings is 1. The molecule has 0 aliphatic carbocycles. The number of anilines is 3. The van der Waals surface area contributed by atoms with Crippen LogP contribution in [0.15, 0.2) is 55.0 Å². The van der Waals surface area contributed by atoms with E-state index in [1.807, 2.05) is 23.1 Å². The average molecular weight is 480 g/mol. The van der Waals surface area contributed by atoms with E-state index < -0.39 is 0 Å². The van der Waals surface area contributed by atoms with Gasteiger partial charge in [0.15, 0.2) is 5.82 Å². The molecule has 0 bridgehead atoms. The number of rotatable bonds is 8. The molecule has 0 amide bonds. The molecule has 1 aliphatic heterocycles. The Labute approximate surface area is 203 Å². The second-order valence-corrected chi connectivity index (χ2v) is 7.94. The Kier molecular flexibility index (Phi) is 7.69. The van der Waals surface area contributed by atoms with Crippen LogP contribution in [-0.2, 0) is 11.3 Å². The van der Waals surface area contributed by atoms with Crippen molar-refractivity contribution in [2.24, 2.45) is 0 Å². The Morgan fingerprint density at radius 2 is 1.97 bits per heavy atom. The van der Waals surface area contributed by atoms with Crippen molar-refractivity contribution in [1.29, 1.82) is 5.41 Å². The number of ether oxygens (including phenoxy) is 1. The van der Waals surface area contributed by atoms with Gasteiger partial charge in [-0.15, -0.1) is 0 Å². The molecule has 2 aromatic heterocycles. The van der Waals surface area contributed by atoms with Gasteiger partial charge < -0.3 is 30.8 Å². The topological polar surface area (TPSA) is 119 Å². The van der Waals surface area contributed by atoms with E-state index >= 15 is 0 Å². The molecule has 1 aliphatic rings. The first-order valence-corrected chi connectivity index (χ1v) is 11.2. The lowest BCUT2D eigenvalue weighted by molar-refractivity contribution is 0.122. The summed E-state index contributed by atoms with van der Waals surface area (Å²) in [7, 11) is 1.77. The Bertz CT molecular complexity index is 1180. The number of aliphatic hydroxyl groups excluding tert-OH is 1. The fraction of sp³-hybridized carbons (Fsp3) is 0.250. The number of allylic oxidation sites excluding steroid dienone is 1. The Balaban J connectivity index is 1.85. The summed E-state index contributed by atoms with van der Waals surface area (Å²) in [6.07, 6.45) is 6.71. The fourth-order valence-corrected chi connectivity index (χ4v) is 3.77. The molecule has 1 fully saturated rings. The van der Waals surface area contributed by atoms with Gasteiger partial charge in [-0.05, 0) is 36.0 Å². The summed E-state index contributed by atoms with van der Waals surface area (Å²) in [4.78, 5) is 15.6. The molecule has 3 heterocycles. The predicted octanol–water partition coefficient (Wildman–Crippen LogP) is 3.37. The zero-order valence-corrected chi connectivity index (χ0v) is 19.5. The van der Waals surface area contributed by atoms with Crippen molar-refractivity contribution >= 4 is 34.8 Å². The predicted molar refractivity (Wildman–Crippen MR) is 134 cm³/mol. The van der Waals surface area contributed by atoms with Crippen molar-refractivity contribution < 1.29 is 9.84 Å². The van der Waals surface area contributed by atoms with Crippen molar-refractivity contribution in [3.05, 3.63) is 71.2 Å². The lowest BCUT2D eigenvalue weighted by Gasteiger charge is -2.28. The number of morpholine rings is 1. The van der Waals surface area contributed by atoms with Gasteiger partial charge in [0.25, 0.3) is 0 Å². The van der Waals surface area contributed by atoms with Crippen LogP contribution >= 0.6 is 11.6 Å². The number of nitrogens with one attached hydrogen (secondary N) is 3. The molecule has 0 atom stereocenters. The van der Waals surface area contributed by atoms with Crippen molar-refractivity contribution in [1.82, 2.24) is 20.3 Å². The van der Waals surface area contributed by atoms with Gasteiger partial charge in [-0.3, -0.25) is 4.98 Å². The number of aromatic nitrogens is 3. The first-order valence-electron chi connectivity index (χ1n) is 10.8. The highest BCUT2D eigenvalue weighted by molar-refractivity contribution is 6.35. The zero-order valence-electron chi connectivity index (χ0n) is 18.8. The number of halogens is 1. The third kappa shape index (κ3) is 5.33. The third-order valence-electron chi connectivity index (χ3n) is 5.34. The quantitative estimate of drug-likeness (QED) is 0.363. The minimum atomic E-state index is -0.199. The Morgan fingerprint density at radius 3 is 2.68 bits per heavy atom. The molecule has 4 N–H and O–H groups in total. The Morgan fingerprint density at radius 1 is 1.21 bits per heavy atom. The molecule has 1 saturated heterocycles. The van der Waals surface area contributed by atoms with E-state index in [1.165, 1.54) is 0 Å². The van der Waals surface area contributed by atoms with E-state index in [-0.39, 0.29) is 6.61 Å². The molecule has 34 heavy (non-hydrogen) atoms. The lowest BCUT2D eigenvalue weighted by atomic mass is 9.99. The van der Waals surface area contributed by atoms with Crippen LogP contribution in [0.2, 0.25) is 5.02 Å². The number of hydrogen-bond acceptors (Lipinski definition) is 9. The second kappa shape index (κ2) is 11.1. The SMILES string of the molecule is CN/C=C\C(=N)c1ccc(CO)c(-c2nc(N3CCOCC3)nc(Nc3ccncc3)c2Cl)c1. The molecule has 0 spiro atoms. The Hall–Kier alpha value is -3.53. The smallest absolute Gasteiger partial charge is 0.228 e. The largest absolute Gasteiger partial charge is 0.394 e. The van der Waals surface area contributed by atoms with E-state index in [1.54, 1.807) is 43.9 Å². The van der Waals surface area contributed by atoms with Crippen molar-refractivity contribution in [3.8, 4) is 11.3 Å². The van der Waals surface area contributed by atoms with Crippen LogP contribution in [0.25, 0.3) is 11.3 Å². The van der Waals surface area contributed by atoms with Gasteiger partial charge >= 0.3 is 0 Å². The summed E-state index contributed by atoms with van der Waals surface area (Å²) in [6.45, 7) is 2.28. The van der Waals surface area contributed by atoms with Gasteiger partial charge in [0, 0.05) is 49.3 Å². The number of hydrogen-bond donors (Lipinski definition) is 4. The molecule has 1 aromatic carbocycles. The zero-order chi connectivity index (χ0) is 23.9. The summed E-state index contributed by atoms with van der Waals surface area (Å²) >= 11 is 6.84. The van der Waals surface area contributed by atoms with Crippen molar-refractivity contribution in [2.45, 2.75) is 6.61 Å². The maximum atomic E-state index is 10.1. The van der Waals surface area contributed by atoms with Crippen molar-refractivity contribution in [2.75, 3.05) is 43.6 Å². The number of nitrogens with zero attached hydrogens (tertiary/aromatic N) is 4. The van der Waals surface area contributed by atoms with Crippen LogP contribution < -0.4 is 15.5 Å². The number of pyridine rings is 1. The van der Waals surface area contributed by atoms with Gasteiger partial charge in [-0.2, -0.15) is 4.98 Å². The van der Waals surface area contributed by atoms with Crippen LogP contribution in [0.5, 0.6) is 0 Å². The summed E-state index contributed by atoms with van der Waals surface area (Å²) in [5, 5.41) is 24.9. The van der Waals surface area contributed by atoms with E-state index in [4.69, 9.17) is 31.7 Å². The van der Waals surface area contributed by atoms with Gasteiger partial charge in [0.05, 0.1) is 31.2 Å². The molecule has 4 rings (SSSR count). The molecule has 176 valence electrons. The second-order valence-electron chi connectivity index (χ2n) is 7.56. The third-order valence-corrected chi connectivity index (χ3v) is 5.70. The number of aliphatic hydroxyl groups is 1. The van der Waals surface area contributed by atoms with Gasteiger partial charge in [-0.25, -0.2) is 4.98 Å². The van der Waals surface area contributed by atoms with Gasteiger partial charge in [0.1, 0.15) is 5.02 Å². The van der Waals surface area contributed by atoms with Crippen molar-refractivity contribution in [3.63, 3.8) is 0 Å². The maximum absolute atomic E-state index is 10.1. The minimum Gasteiger partial charge on any atom is -0.394 e. The molecular weight excluding hydrogens is 454 g/mol. The molecule has 9 nitrogen and oxygen atoms in total. The highest BCUT2D eigenvalue weighted by Crippen LogP contribution is 2.37. The minimum absolute atomic E-state index is 0.199. The van der Waals surface area contributed by atoms with Crippen LogP contribution in [0.4, 0.5) is 17.5 Å². The summed E-state index contributed by atoms with van der Waals surface area (Å²) in [5.74, 6) is 0.956. The molecule has 3 aromatic rings.